The number of hydrogen-bond acceptors (Lipinski definition) is 4. The van der Waals surface area contributed by atoms with E-state index in [1.807, 2.05) is 24.2 Å². The van der Waals surface area contributed by atoms with Gasteiger partial charge in [0.2, 0.25) is 5.28 Å². The number of aliphatic imine (C=N–C) groups is 1. The average molecular weight is 259 g/mol. The van der Waals surface area contributed by atoms with Crippen molar-refractivity contribution in [1.82, 2.24) is 9.97 Å². The second-order valence-electron chi connectivity index (χ2n) is 4.10. The molecule has 0 atom stereocenters. The molecule has 0 spiro atoms. The van der Waals surface area contributed by atoms with E-state index in [1.165, 1.54) is 11.1 Å². The van der Waals surface area contributed by atoms with Gasteiger partial charge in [-0.3, -0.25) is 4.99 Å². The molecule has 1 aromatic heterocycles. The maximum Gasteiger partial charge on any atom is 0.224 e. The van der Waals surface area contributed by atoms with Crippen LogP contribution in [-0.4, -0.2) is 23.2 Å². The van der Waals surface area contributed by atoms with Gasteiger partial charge in [-0.05, 0) is 40.9 Å². The third-order valence-corrected chi connectivity index (χ3v) is 3.15. The molecule has 1 aliphatic rings. The molecule has 0 fully saturated rings. The number of benzene rings is 1. The van der Waals surface area contributed by atoms with Crippen molar-refractivity contribution in [1.29, 1.82) is 0 Å². The standard InChI is InChI=1S/C13H11ClN4/c1-18(12-4-5-16-13(14)17-12)11-3-2-9-7-15-8-10(9)6-11/h2-6,8H,7H2,1H3. The summed E-state index contributed by atoms with van der Waals surface area (Å²) in [5.74, 6) is 0.768. The molecular weight excluding hydrogens is 248 g/mol. The lowest BCUT2D eigenvalue weighted by molar-refractivity contribution is 1.07. The smallest absolute Gasteiger partial charge is 0.224 e. The fourth-order valence-electron chi connectivity index (χ4n) is 1.94. The van der Waals surface area contributed by atoms with Gasteiger partial charge in [0, 0.05) is 25.1 Å². The van der Waals surface area contributed by atoms with E-state index >= 15 is 0 Å². The van der Waals surface area contributed by atoms with Crippen molar-refractivity contribution in [3.63, 3.8) is 0 Å². The molecule has 5 heteroatoms. The highest BCUT2D eigenvalue weighted by atomic mass is 35.5. The number of anilines is 2. The largest absolute Gasteiger partial charge is 0.329 e. The summed E-state index contributed by atoms with van der Waals surface area (Å²) in [4.78, 5) is 14.3. The molecule has 4 nitrogen and oxygen atoms in total. The molecule has 2 heterocycles. The summed E-state index contributed by atoms with van der Waals surface area (Å²) >= 11 is 5.80. The molecule has 1 aromatic carbocycles. The zero-order valence-electron chi connectivity index (χ0n) is 9.84. The summed E-state index contributed by atoms with van der Waals surface area (Å²) in [6.45, 7) is 0.776. The van der Waals surface area contributed by atoms with E-state index in [1.54, 1.807) is 6.20 Å². The van der Waals surface area contributed by atoms with Crippen molar-refractivity contribution in [2.75, 3.05) is 11.9 Å². The first-order valence-corrected chi connectivity index (χ1v) is 5.97. The van der Waals surface area contributed by atoms with Crippen LogP contribution in [0.25, 0.3) is 0 Å². The van der Waals surface area contributed by atoms with Crippen LogP contribution in [0.5, 0.6) is 0 Å². The molecule has 1 aliphatic heterocycles. The highest BCUT2D eigenvalue weighted by Gasteiger charge is 2.11. The number of halogens is 1. The van der Waals surface area contributed by atoms with Gasteiger partial charge < -0.3 is 4.90 Å². The molecule has 2 aromatic rings. The molecule has 0 aliphatic carbocycles. The van der Waals surface area contributed by atoms with Crippen LogP contribution in [0.1, 0.15) is 11.1 Å². The van der Waals surface area contributed by atoms with Gasteiger partial charge >= 0.3 is 0 Å². The Balaban J connectivity index is 1.97. The van der Waals surface area contributed by atoms with Gasteiger partial charge in [0.05, 0.1) is 6.54 Å². The van der Waals surface area contributed by atoms with Crippen LogP contribution in [-0.2, 0) is 6.54 Å². The lowest BCUT2D eigenvalue weighted by Crippen LogP contribution is -2.11. The van der Waals surface area contributed by atoms with E-state index < -0.39 is 0 Å². The molecule has 0 saturated heterocycles. The second kappa shape index (κ2) is 4.38. The maximum atomic E-state index is 5.80. The predicted molar refractivity (Wildman–Crippen MR) is 72.8 cm³/mol. The molecule has 0 amide bonds. The van der Waals surface area contributed by atoms with Gasteiger partial charge in [0.25, 0.3) is 0 Å². The molecule has 0 radical (unpaired) electrons. The predicted octanol–water partition coefficient (Wildman–Crippen LogP) is 2.83. The zero-order valence-corrected chi connectivity index (χ0v) is 10.6. The van der Waals surface area contributed by atoms with E-state index in [0.717, 1.165) is 18.1 Å². The van der Waals surface area contributed by atoms with Crippen LogP contribution < -0.4 is 4.90 Å². The highest BCUT2D eigenvalue weighted by Crippen LogP contribution is 2.26. The third kappa shape index (κ3) is 1.95. The van der Waals surface area contributed by atoms with Gasteiger partial charge in [0.15, 0.2) is 0 Å². The number of aromatic nitrogens is 2. The molecule has 90 valence electrons. The first-order chi connectivity index (χ1) is 8.74. The Morgan fingerprint density at radius 1 is 1.28 bits per heavy atom. The summed E-state index contributed by atoms with van der Waals surface area (Å²) in [5.41, 5.74) is 3.48. The first-order valence-electron chi connectivity index (χ1n) is 5.59. The molecule has 18 heavy (non-hydrogen) atoms. The molecule has 0 saturated carbocycles. The number of nitrogens with zero attached hydrogens (tertiary/aromatic N) is 4. The quantitative estimate of drug-likeness (QED) is 0.778. The molecular formula is C13H11ClN4. The summed E-state index contributed by atoms with van der Waals surface area (Å²) < 4.78 is 0. The Kier molecular flexibility index (Phi) is 2.72. The minimum absolute atomic E-state index is 0.252. The van der Waals surface area contributed by atoms with E-state index in [-0.39, 0.29) is 5.28 Å². The van der Waals surface area contributed by atoms with Crippen LogP contribution in [0.3, 0.4) is 0 Å². The second-order valence-corrected chi connectivity index (χ2v) is 4.43. The molecule has 3 rings (SSSR count). The van der Waals surface area contributed by atoms with Crippen molar-refractivity contribution in [3.05, 3.63) is 46.9 Å². The van der Waals surface area contributed by atoms with Crippen LogP contribution in [0.15, 0.2) is 35.5 Å². The van der Waals surface area contributed by atoms with Gasteiger partial charge in [-0.2, -0.15) is 0 Å². The van der Waals surface area contributed by atoms with Gasteiger partial charge in [-0.1, -0.05) is 6.07 Å². The van der Waals surface area contributed by atoms with E-state index in [9.17, 15) is 0 Å². The number of hydrogen-bond donors (Lipinski definition) is 0. The lowest BCUT2D eigenvalue weighted by atomic mass is 10.1. The highest BCUT2D eigenvalue weighted by molar-refractivity contribution is 6.28. The van der Waals surface area contributed by atoms with Crippen LogP contribution in [0, 0.1) is 0 Å². The Morgan fingerprint density at radius 3 is 3.00 bits per heavy atom. The van der Waals surface area contributed by atoms with Gasteiger partial charge in [0.1, 0.15) is 5.82 Å². The number of fused-ring (bicyclic) bond motifs is 1. The molecule has 0 N–H and O–H groups in total. The van der Waals surface area contributed by atoms with Crippen molar-refractivity contribution in [3.8, 4) is 0 Å². The lowest BCUT2D eigenvalue weighted by Gasteiger charge is -2.18. The minimum atomic E-state index is 0.252. The number of rotatable bonds is 2. The SMILES string of the molecule is CN(c1ccc2c(c1)C=NC2)c1ccnc(Cl)n1. The van der Waals surface area contributed by atoms with E-state index in [2.05, 4.69) is 33.2 Å². The molecule has 0 bridgehead atoms. The first kappa shape index (κ1) is 11.2. The summed E-state index contributed by atoms with van der Waals surface area (Å²) in [5, 5.41) is 0.252. The van der Waals surface area contributed by atoms with Crippen LogP contribution in [0.2, 0.25) is 5.28 Å². The zero-order chi connectivity index (χ0) is 12.5. The normalized spacial score (nSPS) is 12.6. The van der Waals surface area contributed by atoms with E-state index in [4.69, 9.17) is 11.6 Å². The summed E-state index contributed by atoms with van der Waals surface area (Å²) in [7, 11) is 1.95. The van der Waals surface area contributed by atoms with Gasteiger partial charge in [-0.25, -0.2) is 9.97 Å². The average Bonchev–Trinajstić information content (AvgIpc) is 2.85. The van der Waals surface area contributed by atoms with Gasteiger partial charge in [-0.15, -0.1) is 0 Å². The van der Waals surface area contributed by atoms with Crippen LogP contribution >= 0.6 is 11.6 Å². The van der Waals surface area contributed by atoms with E-state index in [0.29, 0.717) is 0 Å². The topological polar surface area (TPSA) is 41.4 Å². The fourth-order valence-corrected chi connectivity index (χ4v) is 2.09. The Morgan fingerprint density at radius 2 is 2.17 bits per heavy atom. The van der Waals surface area contributed by atoms with Crippen molar-refractivity contribution in [2.45, 2.75) is 6.54 Å². The third-order valence-electron chi connectivity index (χ3n) is 2.96. The summed E-state index contributed by atoms with van der Waals surface area (Å²) in [6, 6.07) is 8.08. The van der Waals surface area contributed by atoms with Crippen molar-refractivity contribution in [2.24, 2.45) is 4.99 Å². The monoisotopic (exact) mass is 258 g/mol. The Hall–Kier alpha value is -1.94. The maximum absolute atomic E-state index is 5.80. The Labute approximate surface area is 110 Å². The van der Waals surface area contributed by atoms with Crippen molar-refractivity contribution >= 4 is 29.3 Å². The molecule has 0 unspecified atom stereocenters. The fraction of sp³-hybridized carbons (Fsp3) is 0.154. The van der Waals surface area contributed by atoms with Crippen molar-refractivity contribution < 1.29 is 0 Å². The minimum Gasteiger partial charge on any atom is -0.329 e. The van der Waals surface area contributed by atoms with Crippen LogP contribution in [0.4, 0.5) is 11.5 Å². The Bertz CT molecular complexity index is 624. The summed E-state index contributed by atoms with van der Waals surface area (Å²) in [6.07, 6.45) is 3.55.